The Hall–Kier alpha value is -1.06. The van der Waals surface area contributed by atoms with Crippen LogP contribution in [0.2, 0.25) is 0 Å². The van der Waals surface area contributed by atoms with E-state index in [1.807, 2.05) is 24.3 Å². The van der Waals surface area contributed by atoms with E-state index in [1.54, 1.807) is 0 Å². The first-order valence-corrected chi connectivity index (χ1v) is 5.37. The minimum absolute atomic E-state index is 0.0878. The van der Waals surface area contributed by atoms with Crippen LogP contribution in [-0.4, -0.2) is 18.3 Å². The molecular formula is C12H19NO2. The van der Waals surface area contributed by atoms with Crippen LogP contribution in [0.5, 0.6) is 5.75 Å². The number of nitrogens with two attached hydrogens (primary N) is 1. The smallest absolute Gasteiger partial charge is 0.119 e. The van der Waals surface area contributed by atoms with Gasteiger partial charge in [-0.05, 0) is 30.5 Å². The minimum Gasteiger partial charge on any atom is -0.494 e. The van der Waals surface area contributed by atoms with E-state index in [9.17, 15) is 0 Å². The van der Waals surface area contributed by atoms with Crippen molar-refractivity contribution in [1.82, 2.24) is 0 Å². The van der Waals surface area contributed by atoms with Gasteiger partial charge in [0.15, 0.2) is 0 Å². The minimum atomic E-state index is -0.0878. The van der Waals surface area contributed by atoms with Gasteiger partial charge in [-0.25, -0.2) is 0 Å². The highest BCUT2D eigenvalue weighted by atomic mass is 16.5. The van der Waals surface area contributed by atoms with Crippen molar-refractivity contribution in [2.24, 2.45) is 5.73 Å². The van der Waals surface area contributed by atoms with Crippen molar-refractivity contribution in [3.05, 3.63) is 29.8 Å². The second-order valence-electron chi connectivity index (χ2n) is 3.54. The van der Waals surface area contributed by atoms with Crippen LogP contribution in [0.3, 0.4) is 0 Å². The molecule has 0 saturated carbocycles. The average Bonchev–Trinajstić information content (AvgIpc) is 2.27. The number of ether oxygens (including phenoxy) is 1. The number of rotatable bonds is 6. The van der Waals surface area contributed by atoms with Crippen molar-refractivity contribution < 1.29 is 9.84 Å². The Labute approximate surface area is 90.9 Å². The molecule has 3 heteroatoms. The fourth-order valence-corrected chi connectivity index (χ4v) is 1.34. The summed E-state index contributed by atoms with van der Waals surface area (Å²) in [5.41, 5.74) is 6.89. The van der Waals surface area contributed by atoms with Crippen molar-refractivity contribution in [2.45, 2.75) is 25.8 Å². The molecule has 3 nitrogen and oxygen atoms in total. The Bertz CT molecular complexity index is 271. The fourth-order valence-electron chi connectivity index (χ4n) is 1.34. The molecule has 0 unspecified atom stereocenters. The number of hydrogen-bond donors (Lipinski definition) is 2. The Kier molecular flexibility index (Phi) is 5.15. The van der Waals surface area contributed by atoms with E-state index >= 15 is 0 Å². The zero-order valence-electron chi connectivity index (χ0n) is 9.15. The van der Waals surface area contributed by atoms with Crippen LogP contribution in [0.4, 0.5) is 0 Å². The van der Waals surface area contributed by atoms with Gasteiger partial charge in [-0.15, -0.1) is 0 Å². The highest BCUT2D eigenvalue weighted by Crippen LogP contribution is 2.18. The first-order valence-electron chi connectivity index (χ1n) is 5.37. The van der Waals surface area contributed by atoms with Crippen molar-refractivity contribution in [1.29, 1.82) is 0 Å². The molecule has 1 rings (SSSR count). The van der Waals surface area contributed by atoms with Crippen LogP contribution in [0.15, 0.2) is 24.3 Å². The molecule has 0 heterocycles. The quantitative estimate of drug-likeness (QED) is 0.752. The van der Waals surface area contributed by atoms with E-state index in [4.69, 9.17) is 15.6 Å². The summed E-state index contributed by atoms with van der Waals surface area (Å²) in [6.45, 7) is 2.93. The third-order valence-electron chi connectivity index (χ3n) is 2.22. The molecule has 0 aliphatic carbocycles. The van der Waals surface area contributed by atoms with Crippen LogP contribution >= 0.6 is 0 Å². The standard InChI is InChI=1S/C12H19NO2/c1-2-9-15-11-5-3-10(4-6-11)12(13)7-8-14/h3-6,12,14H,2,7-9,13H2,1H3/t12-/m1/s1. The molecule has 0 fully saturated rings. The van der Waals surface area contributed by atoms with Gasteiger partial charge in [-0.2, -0.15) is 0 Å². The molecular weight excluding hydrogens is 190 g/mol. The van der Waals surface area contributed by atoms with Crippen molar-refractivity contribution in [3.8, 4) is 5.75 Å². The van der Waals surface area contributed by atoms with E-state index in [-0.39, 0.29) is 12.6 Å². The largest absolute Gasteiger partial charge is 0.494 e. The number of aliphatic hydroxyl groups is 1. The van der Waals surface area contributed by atoms with E-state index in [0.29, 0.717) is 6.42 Å². The summed E-state index contributed by atoms with van der Waals surface area (Å²) in [6, 6.07) is 7.65. The lowest BCUT2D eigenvalue weighted by atomic mass is 10.1. The molecule has 1 aromatic carbocycles. The third-order valence-corrected chi connectivity index (χ3v) is 2.22. The highest BCUT2D eigenvalue weighted by Gasteiger charge is 2.04. The van der Waals surface area contributed by atoms with Gasteiger partial charge in [0.2, 0.25) is 0 Å². The van der Waals surface area contributed by atoms with Crippen molar-refractivity contribution >= 4 is 0 Å². The Balaban J connectivity index is 2.55. The second kappa shape index (κ2) is 6.43. The molecule has 0 aliphatic heterocycles. The molecule has 1 atom stereocenters. The topological polar surface area (TPSA) is 55.5 Å². The summed E-state index contributed by atoms with van der Waals surface area (Å²) in [5, 5.41) is 8.76. The molecule has 84 valence electrons. The van der Waals surface area contributed by atoms with Gasteiger partial charge < -0.3 is 15.6 Å². The SMILES string of the molecule is CCCOc1ccc([C@H](N)CCO)cc1. The first kappa shape index (κ1) is 12.0. The van der Waals surface area contributed by atoms with Gasteiger partial charge in [0.25, 0.3) is 0 Å². The summed E-state index contributed by atoms with van der Waals surface area (Å²) < 4.78 is 5.46. The second-order valence-corrected chi connectivity index (χ2v) is 3.54. The van der Waals surface area contributed by atoms with Gasteiger partial charge in [-0.3, -0.25) is 0 Å². The fraction of sp³-hybridized carbons (Fsp3) is 0.500. The average molecular weight is 209 g/mol. The van der Waals surface area contributed by atoms with Crippen molar-refractivity contribution in [2.75, 3.05) is 13.2 Å². The number of aliphatic hydroxyl groups excluding tert-OH is 1. The summed E-state index contributed by atoms with van der Waals surface area (Å²) in [6.07, 6.45) is 1.60. The van der Waals surface area contributed by atoms with Crippen LogP contribution in [0.25, 0.3) is 0 Å². The van der Waals surface area contributed by atoms with Gasteiger partial charge in [-0.1, -0.05) is 19.1 Å². The van der Waals surface area contributed by atoms with Gasteiger partial charge in [0.05, 0.1) is 6.61 Å². The van der Waals surface area contributed by atoms with E-state index in [0.717, 1.165) is 24.3 Å². The summed E-state index contributed by atoms with van der Waals surface area (Å²) in [4.78, 5) is 0. The van der Waals surface area contributed by atoms with Crippen LogP contribution < -0.4 is 10.5 Å². The zero-order chi connectivity index (χ0) is 11.1. The van der Waals surface area contributed by atoms with Crippen LogP contribution in [0, 0.1) is 0 Å². The van der Waals surface area contributed by atoms with Crippen LogP contribution in [0.1, 0.15) is 31.4 Å². The zero-order valence-corrected chi connectivity index (χ0v) is 9.15. The number of hydrogen-bond acceptors (Lipinski definition) is 3. The molecule has 0 aromatic heterocycles. The van der Waals surface area contributed by atoms with Gasteiger partial charge in [0.1, 0.15) is 5.75 Å². The van der Waals surface area contributed by atoms with Gasteiger partial charge in [0, 0.05) is 12.6 Å². The van der Waals surface area contributed by atoms with E-state index < -0.39 is 0 Å². The Morgan fingerprint density at radius 2 is 2.00 bits per heavy atom. The molecule has 0 spiro atoms. The molecule has 0 saturated heterocycles. The maximum absolute atomic E-state index is 8.76. The maximum atomic E-state index is 8.76. The monoisotopic (exact) mass is 209 g/mol. The lowest BCUT2D eigenvalue weighted by Crippen LogP contribution is -2.11. The molecule has 1 aromatic rings. The normalized spacial score (nSPS) is 12.5. The van der Waals surface area contributed by atoms with Gasteiger partial charge >= 0.3 is 0 Å². The third kappa shape index (κ3) is 3.90. The molecule has 15 heavy (non-hydrogen) atoms. The predicted octanol–water partition coefficient (Wildman–Crippen LogP) is 1.86. The molecule has 3 N–H and O–H groups in total. The summed E-state index contributed by atoms with van der Waals surface area (Å²) in [5.74, 6) is 0.872. The van der Waals surface area contributed by atoms with Crippen molar-refractivity contribution in [3.63, 3.8) is 0 Å². The first-order chi connectivity index (χ1) is 7.27. The molecule has 0 radical (unpaired) electrons. The Morgan fingerprint density at radius 3 is 2.53 bits per heavy atom. The van der Waals surface area contributed by atoms with E-state index in [2.05, 4.69) is 6.92 Å². The Morgan fingerprint density at radius 1 is 1.33 bits per heavy atom. The molecule has 0 amide bonds. The number of benzene rings is 1. The lowest BCUT2D eigenvalue weighted by Gasteiger charge is -2.11. The summed E-state index contributed by atoms with van der Waals surface area (Å²) in [7, 11) is 0. The highest BCUT2D eigenvalue weighted by molar-refractivity contribution is 5.28. The maximum Gasteiger partial charge on any atom is 0.119 e. The van der Waals surface area contributed by atoms with Crippen LogP contribution in [-0.2, 0) is 0 Å². The van der Waals surface area contributed by atoms with E-state index in [1.165, 1.54) is 0 Å². The predicted molar refractivity (Wildman–Crippen MR) is 60.9 cm³/mol. The molecule has 0 bridgehead atoms. The molecule has 0 aliphatic rings. The lowest BCUT2D eigenvalue weighted by molar-refractivity contribution is 0.276. The summed E-state index contributed by atoms with van der Waals surface area (Å²) >= 11 is 0.